The minimum absolute atomic E-state index is 0.141. The standard InChI is InChI=1S/C21H31N3O5S/c1-15(13-23-30(4,25)26)16-6-9-24(10-7-16)19-5-8-22-18-12-20(28-3)21(11-17(18)19)29-14-27-2/h5,8,11-12,15-16,23H,6-7,9-10,13-14H2,1-4H3. The molecule has 1 aliphatic rings. The van der Waals surface area contributed by atoms with Gasteiger partial charge in [0.2, 0.25) is 10.0 Å². The highest BCUT2D eigenvalue weighted by molar-refractivity contribution is 7.88. The van der Waals surface area contributed by atoms with E-state index in [1.54, 1.807) is 14.2 Å². The molecule has 0 spiro atoms. The number of rotatable bonds is 9. The fourth-order valence-electron chi connectivity index (χ4n) is 3.97. The Bertz CT molecular complexity index is 959. The molecule has 1 saturated heterocycles. The molecule has 1 N–H and O–H groups in total. The van der Waals surface area contributed by atoms with Gasteiger partial charge in [0.1, 0.15) is 0 Å². The lowest BCUT2D eigenvalue weighted by atomic mass is 9.85. The van der Waals surface area contributed by atoms with Gasteiger partial charge in [0.25, 0.3) is 0 Å². The quantitative estimate of drug-likeness (QED) is 0.603. The molecule has 2 heterocycles. The normalized spacial score (nSPS) is 16.6. The van der Waals surface area contributed by atoms with Crippen molar-refractivity contribution in [3.8, 4) is 11.5 Å². The van der Waals surface area contributed by atoms with Crippen molar-refractivity contribution in [1.29, 1.82) is 0 Å². The Hall–Kier alpha value is -2.10. The van der Waals surface area contributed by atoms with Crippen molar-refractivity contribution < 1.29 is 22.6 Å². The Kier molecular flexibility index (Phi) is 7.38. The van der Waals surface area contributed by atoms with Gasteiger partial charge in [-0.1, -0.05) is 6.92 Å². The molecule has 1 atom stereocenters. The second-order valence-electron chi connectivity index (χ2n) is 7.82. The molecule has 0 bridgehead atoms. The van der Waals surface area contributed by atoms with E-state index in [0.29, 0.717) is 29.9 Å². The number of hydrogen-bond acceptors (Lipinski definition) is 7. The molecule has 0 saturated carbocycles. The van der Waals surface area contributed by atoms with Crippen molar-refractivity contribution in [3.63, 3.8) is 0 Å². The summed E-state index contributed by atoms with van der Waals surface area (Å²) in [4.78, 5) is 6.86. The van der Waals surface area contributed by atoms with Crippen LogP contribution in [-0.4, -0.2) is 60.3 Å². The summed E-state index contributed by atoms with van der Waals surface area (Å²) >= 11 is 0. The van der Waals surface area contributed by atoms with Crippen LogP contribution in [0.5, 0.6) is 11.5 Å². The fraction of sp³-hybridized carbons (Fsp3) is 0.571. The van der Waals surface area contributed by atoms with Gasteiger partial charge in [0.05, 0.1) is 18.9 Å². The summed E-state index contributed by atoms with van der Waals surface area (Å²) in [5.74, 6) is 2.03. The van der Waals surface area contributed by atoms with E-state index < -0.39 is 10.0 Å². The van der Waals surface area contributed by atoms with Gasteiger partial charge in [-0.25, -0.2) is 13.1 Å². The highest BCUT2D eigenvalue weighted by atomic mass is 32.2. The van der Waals surface area contributed by atoms with Crippen molar-refractivity contribution >= 4 is 26.6 Å². The average molecular weight is 438 g/mol. The molecule has 2 aromatic rings. The van der Waals surface area contributed by atoms with E-state index in [1.807, 2.05) is 24.4 Å². The van der Waals surface area contributed by atoms with Crippen LogP contribution in [0.15, 0.2) is 24.4 Å². The number of fused-ring (bicyclic) bond motifs is 1. The summed E-state index contributed by atoms with van der Waals surface area (Å²) in [5, 5.41) is 1.01. The maximum absolute atomic E-state index is 11.4. The van der Waals surface area contributed by atoms with Gasteiger partial charge >= 0.3 is 0 Å². The lowest BCUT2D eigenvalue weighted by Crippen LogP contribution is -2.38. The number of nitrogens with one attached hydrogen (secondary N) is 1. The summed E-state index contributed by atoms with van der Waals surface area (Å²) < 4.78 is 41.5. The van der Waals surface area contributed by atoms with Gasteiger partial charge in [-0.2, -0.15) is 0 Å². The lowest BCUT2D eigenvalue weighted by Gasteiger charge is -2.36. The monoisotopic (exact) mass is 437 g/mol. The number of sulfonamides is 1. The van der Waals surface area contributed by atoms with Gasteiger partial charge in [-0.3, -0.25) is 4.98 Å². The van der Waals surface area contributed by atoms with Crippen LogP contribution in [0.3, 0.4) is 0 Å². The van der Waals surface area contributed by atoms with Crippen LogP contribution in [0.4, 0.5) is 5.69 Å². The Morgan fingerprint density at radius 1 is 1.23 bits per heavy atom. The highest BCUT2D eigenvalue weighted by Crippen LogP contribution is 2.37. The SMILES string of the molecule is COCOc1cc2c(N3CCC(C(C)CNS(C)(=O)=O)CC3)ccnc2cc1OC. The lowest BCUT2D eigenvalue weighted by molar-refractivity contribution is 0.0493. The minimum atomic E-state index is -3.15. The van der Waals surface area contributed by atoms with Crippen molar-refractivity contribution in [2.75, 3.05) is 51.8 Å². The van der Waals surface area contributed by atoms with Gasteiger partial charge in [-0.05, 0) is 36.8 Å². The third-order valence-electron chi connectivity index (χ3n) is 5.69. The molecular formula is C21H31N3O5S. The predicted octanol–water partition coefficient (Wildman–Crippen LogP) is 2.63. The molecule has 1 fully saturated rings. The Morgan fingerprint density at radius 2 is 1.97 bits per heavy atom. The summed E-state index contributed by atoms with van der Waals surface area (Å²) in [5.41, 5.74) is 1.97. The van der Waals surface area contributed by atoms with Crippen LogP contribution < -0.4 is 19.1 Å². The topological polar surface area (TPSA) is 90.0 Å². The minimum Gasteiger partial charge on any atom is -0.493 e. The Balaban J connectivity index is 1.75. The largest absolute Gasteiger partial charge is 0.493 e. The maximum atomic E-state index is 11.4. The first-order valence-corrected chi connectivity index (χ1v) is 12.0. The third kappa shape index (κ3) is 5.53. The molecule has 1 aliphatic heterocycles. The van der Waals surface area contributed by atoms with Gasteiger partial charge in [0, 0.05) is 50.1 Å². The van der Waals surface area contributed by atoms with Crippen LogP contribution in [0.2, 0.25) is 0 Å². The van der Waals surface area contributed by atoms with Crippen LogP contribution >= 0.6 is 0 Å². The van der Waals surface area contributed by atoms with E-state index in [-0.39, 0.29) is 6.79 Å². The number of nitrogens with zero attached hydrogens (tertiary/aromatic N) is 2. The van der Waals surface area contributed by atoms with E-state index >= 15 is 0 Å². The van der Waals surface area contributed by atoms with Crippen LogP contribution in [0.25, 0.3) is 10.9 Å². The molecule has 0 radical (unpaired) electrons. The Labute approximate surface area is 178 Å². The van der Waals surface area contributed by atoms with E-state index in [4.69, 9.17) is 14.2 Å². The smallest absolute Gasteiger partial charge is 0.208 e. The number of pyridine rings is 1. The number of ether oxygens (including phenoxy) is 3. The van der Waals surface area contributed by atoms with Crippen molar-refractivity contribution in [2.45, 2.75) is 19.8 Å². The Morgan fingerprint density at radius 3 is 2.60 bits per heavy atom. The van der Waals surface area contributed by atoms with Crippen molar-refractivity contribution in [2.24, 2.45) is 11.8 Å². The first-order valence-electron chi connectivity index (χ1n) is 10.1. The molecule has 9 heteroatoms. The number of benzene rings is 1. The molecule has 166 valence electrons. The molecule has 1 aromatic carbocycles. The summed E-state index contributed by atoms with van der Waals surface area (Å²) in [7, 11) is 0.0359. The zero-order valence-electron chi connectivity index (χ0n) is 18.1. The first-order chi connectivity index (χ1) is 14.3. The maximum Gasteiger partial charge on any atom is 0.208 e. The van der Waals surface area contributed by atoms with Gasteiger partial charge in [-0.15, -0.1) is 0 Å². The van der Waals surface area contributed by atoms with Gasteiger partial charge in [0.15, 0.2) is 18.3 Å². The van der Waals surface area contributed by atoms with Crippen LogP contribution in [0, 0.1) is 11.8 Å². The van der Waals surface area contributed by atoms with Crippen LogP contribution in [-0.2, 0) is 14.8 Å². The molecule has 30 heavy (non-hydrogen) atoms. The molecular weight excluding hydrogens is 406 g/mol. The molecule has 0 amide bonds. The number of anilines is 1. The zero-order valence-corrected chi connectivity index (χ0v) is 18.9. The number of aromatic nitrogens is 1. The van der Waals surface area contributed by atoms with Gasteiger partial charge < -0.3 is 19.1 Å². The summed E-state index contributed by atoms with van der Waals surface area (Å²) in [6, 6.07) is 5.87. The second kappa shape index (κ2) is 9.80. The molecule has 8 nitrogen and oxygen atoms in total. The molecule has 1 unspecified atom stereocenters. The van der Waals surface area contributed by atoms with E-state index in [0.717, 1.165) is 42.5 Å². The van der Waals surface area contributed by atoms with Crippen molar-refractivity contribution in [1.82, 2.24) is 9.71 Å². The molecule has 1 aromatic heterocycles. The number of piperidine rings is 1. The number of methoxy groups -OCH3 is 2. The summed E-state index contributed by atoms with van der Waals surface area (Å²) in [6.45, 7) is 4.57. The summed E-state index contributed by atoms with van der Waals surface area (Å²) in [6.07, 6.45) is 5.05. The first kappa shape index (κ1) is 22.6. The second-order valence-corrected chi connectivity index (χ2v) is 9.66. The fourth-order valence-corrected chi connectivity index (χ4v) is 4.53. The zero-order chi connectivity index (χ0) is 21.7. The van der Waals surface area contributed by atoms with E-state index in [1.165, 1.54) is 6.26 Å². The molecule has 3 rings (SSSR count). The van der Waals surface area contributed by atoms with E-state index in [9.17, 15) is 8.42 Å². The average Bonchev–Trinajstić information content (AvgIpc) is 2.74. The predicted molar refractivity (Wildman–Crippen MR) is 118 cm³/mol. The van der Waals surface area contributed by atoms with E-state index in [2.05, 4.69) is 21.5 Å². The third-order valence-corrected chi connectivity index (χ3v) is 6.38. The molecule has 0 aliphatic carbocycles. The number of hydrogen-bond donors (Lipinski definition) is 1. The van der Waals surface area contributed by atoms with Crippen molar-refractivity contribution in [3.05, 3.63) is 24.4 Å². The van der Waals surface area contributed by atoms with Crippen LogP contribution in [0.1, 0.15) is 19.8 Å². The highest BCUT2D eigenvalue weighted by Gasteiger charge is 2.25.